The first kappa shape index (κ1) is 14.0. The smallest absolute Gasteiger partial charge is 0.135 e. The number of aryl methyl sites for hydroxylation is 1. The number of nitrogens with one attached hydrogen (secondary N) is 1. The van der Waals surface area contributed by atoms with E-state index in [2.05, 4.69) is 43.4 Å². The SMILES string of the molecule is CCNc1nc(Cc2ccc(C)cc2)nc2c1COCC2. The normalized spacial score (nSPS) is 13.8. The van der Waals surface area contributed by atoms with Gasteiger partial charge in [-0.15, -0.1) is 0 Å². The molecule has 21 heavy (non-hydrogen) atoms. The number of ether oxygens (including phenoxy) is 1. The molecule has 1 aromatic heterocycles. The van der Waals surface area contributed by atoms with E-state index in [0.29, 0.717) is 6.61 Å². The number of fused-ring (bicyclic) bond motifs is 1. The topological polar surface area (TPSA) is 47.0 Å². The van der Waals surface area contributed by atoms with Crippen molar-refractivity contribution in [3.05, 3.63) is 52.5 Å². The van der Waals surface area contributed by atoms with Crippen LogP contribution in [0.25, 0.3) is 0 Å². The van der Waals surface area contributed by atoms with E-state index in [1.807, 2.05) is 0 Å². The first-order chi connectivity index (χ1) is 10.3. The van der Waals surface area contributed by atoms with E-state index in [9.17, 15) is 0 Å². The van der Waals surface area contributed by atoms with Crippen LogP contribution in [0.2, 0.25) is 0 Å². The van der Waals surface area contributed by atoms with Gasteiger partial charge >= 0.3 is 0 Å². The van der Waals surface area contributed by atoms with E-state index in [-0.39, 0.29) is 0 Å². The fraction of sp³-hybridized carbons (Fsp3) is 0.412. The molecule has 1 aromatic carbocycles. The second-order valence-corrected chi connectivity index (χ2v) is 5.41. The summed E-state index contributed by atoms with van der Waals surface area (Å²) in [7, 11) is 0. The number of hydrogen-bond donors (Lipinski definition) is 1. The number of rotatable bonds is 4. The molecule has 0 spiro atoms. The predicted molar refractivity (Wildman–Crippen MR) is 83.5 cm³/mol. The first-order valence-corrected chi connectivity index (χ1v) is 7.52. The zero-order valence-electron chi connectivity index (χ0n) is 12.6. The Morgan fingerprint density at radius 2 is 2.00 bits per heavy atom. The fourth-order valence-electron chi connectivity index (χ4n) is 2.56. The molecule has 2 aromatic rings. The molecular weight excluding hydrogens is 262 g/mol. The summed E-state index contributed by atoms with van der Waals surface area (Å²) in [5, 5.41) is 3.34. The lowest BCUT2D eigenvalue weighted by molar-refractivity contribution is 0.109. The molecule has 1 N–H and O–H groups in total. The summed E-state index contributed by atoms with van der Waals surface area (Å²) in [5.74, 6) is 1.82. The molecule has 1 aliphatic rings. The Kier molecular flexibility index (Phi) is 4.15. The van der Waals surface area contributed by atoms with Crippen molar-refractivity contribution in [3.63, 3.8) is 0 Å². The molecule has 0 saturated carbocycles. The summed E-state index contributed by atoms with van der Waals surface area (Å²) in [6.07, 6.45) is 1.64. The third-order valence-electron chi connectivity index (χ3n) is 3.70. The summed E-state index contributed by atoms with van der Waals surface area (Å²) in [5.41, 5.74) is 4.77. The van der Waals surface area contributed by atoms with E-state index in [1.54, 1.807) is 0 Å². The molecule has 4 heteroatoms. The molecule has 0 fully saturated rings. The quantitative estimate of drug-likeness (QED) is 0.937. The molecule has 4 nitrogen and oxygen atoms in total. The van der Waals surface area contributed by atoms with E-state index in [1.165, 1.54) is 11.1 Å². The Morgan fingerprint density at radius 1 is 1.19 bits per heavy atom. The zero-order chi connectivity index (χ0) is 14.7. The van der Waals surface area contributed by atoms with Gasteiger partial charge in [0.1, 0.15) is 11.6 Å². The second kappa shape index (κ2) is 6.22. The Balaban J connectivity index is 1.91. The van der Waals surface area contributed by atoms with Crippen LogP contribution in [-0.4, -0.2) is 23.1 Å². The minimum Gasteiger partial charge on any atom is -0.376 e. The molecular formula is C17H21N3O. The maximum atomic E-state index is 5.53. The Bertz CT molecular complexity index is 623. The third kappa shape index (κ3) is 3.22. The van der Waals surface area contributed by atoms with Crippen LogP contribution in [0.15, 0.2) is 24.3 Å². The number of hydrogen-bond acceptors (Lipinski definition) is 4. The predicted octanol–water partition coefficient (Wildman–Crippen LogP) is 2.88. The van der Waals surface area contributed by atoms with Gasteiger partial charge in [-0.05, 0) is 19.4 Å². The molecule has 0 aliphatic carbocycles. The van der Waals surface area contributed by atoms with Crippen molar-refractivity contribution in [2.24, 2.45) is 0 Å². The van der Waals surface area contributed by atoms with Crippen molar-refractivity contribution >= 4 is 5.82 Å². The van der Waals surface area contributed by atoms with Crippen molar-refractivity contribution in [1.82, 2.24) is 9.97 Å². The highest BCUT2D eigenvalue weighted by Crippen LogP contribution is 2.23. The lowest BCUT2D eigenvalue weighted by atomic mass is 10.1. The molecule has 3 rings (SSSR count). The van der Waals surface area contributed by atoms with Crippen molar-refractivity contribution in [2.45, 2.75) is 33.3 Å². The Hall–Kier alpha value is -1.94. The van der Waals surface area contributed by atoms with Crippen molar-refractivity contribution < 1.29 is 4.74 Å². The van der Waals surface area contributed by atoms with Gasteiger partial charge in [-0.1, -0.05) is 29.8 Å². The van der Waals surface area contributed by atoms with Crippen LogP contribution in [0.3, 0.4) is 0 Å². The maximum absolute atomic E-state index is 5.53. The van der Waals surface area contributed by atoms with Gasteiger partial charge < -0.3 is 10.1 Å². The van der Waals surface area contributed by atoms with Crippen molar-refractivity contribution in [1.29, 1.82) is 0 Å². The van der Waals surface area contributed by atoms with Crippen LogP contribution in [0.1, 0.15) is 35.1 Å². The second-order valence-electron chi connectivity index (χ2n) is 5.41. The lowest BCUT2D eigenvalue weighted by Crippen LogP contribution is -2.18. The summed E-state index contributed by atoms with van der Waals surface area (Å²) in [4.78, 5) is 9.43. The highest BCUT2D eigenvalue weighted by atomic mass is 16.5. The Labute approximate surface area is 125 Å². The summed E-state index contributed by atoms with van der Waals surface area (Å²) < 4.78 is 5.53. The average Bonchev–Trinajstić information content (AvgIpc) is 2.50. The minimum absolute atomic E-state index is 0.614. The van der Waals surface area contributed by atoms with Gasteiger partial charge in [0.2, 0.25) is 0 Å². The van der Waals surface area contributed by atoms with Crippen LogP contribution in [0, 0.1) is 6.92 Å². The van der Waals surface area contributed by atoms with Gasteiger partial charge in [-0.2, -0.15) is 0 Å². The van der Waals surface area contributed by atoms with Gasteiger partial charge in [0.25, 0.3) is 0 Å². The van der Waals surface area contributed by atoms with E-state index in [0.717, 1.165) is 48.9 Å². The van der Waals surface area contributed by atoms with Gasteiger partial charge in [-0.3, -0.25) is 0 Å². The van der Waals surface area contributed by atoms with E-state index < -0.39 is 0 Å². The van der Waals surface area contributed by atoms with Crippen LogP contribution >= 0.6 is 0 Å². The molecule has 0 unspecified atom stereocenters. The largest absolute Gasteiger partial charge is 0.376 e. The van der Waals surface area contributed by atoms with Crippen LogP contribution in [0.4, 0.5) is 5.82 Å². The molecule has 110 valence electrons. The maximum Gasteiger partial charge on any atom is 0.135 e. The number of anilines is 1. The molecule has 0 amide bonds. The van der Waals surface area contributed by atoms with Gasteiger partial charge in [0, 0.05) is 24.9 Å². The Morgan fingerprint density at radius 3 is 2.76 bits per heavy atom. The first-order valence-electron chi connectivity index (χ1n) is 7.52. The molecule has 1 aliphatic heterocycles. The molecule has 0 bridgehead atoms. The summed E-state index contributed by atoms with van der Waals surface area (Å²) in [6, 6.07) is 8.56. The fourth-order valence-corrected chi connectivity index (χ4v) is 2.56. The van der Waals surface area contributed by atoms with E-state index >= 15 is 0 Å². The average molecular weight is 283 g/mol. The van der Waals surface area contributed by atoms with Crippen molar-refractivity contribution in [2.75, 3.05) is 18.5 Å². The zero-order valence-corrected chi connectivity index (χ0v) is 12.6. The molecule has 0 radical (unpaired) electrons. The summed E-state index contributed by atoms with van der Waals surface area (Å²) in [6.45, 7) is 6.40. The monoisotopic (exact) mass is 283 g/mol. The van der Waals surface area contributed by atoms with E-state index in [4.69, 9.17) is 14.7 Å². The minimum atomic E-state index is 0.614. The summed E-state index contributed by atoms with van der Waals surface area (Å²) >= 11 is 0. The van der Waals surface area contributed by atoms with Crippen LogP contribution < -0.4 is 5.32 Å². The standard InChI is InChI=1S/C17H21N3O/c1-3-18-17-14-11-21-9-8-15(14)19-16(20-17)10-13-6-4-12(2)5-7-13/h4-7H,3,8-11H2,1-2H3,(H,18,19,20). The molecule has 2 heterocycles. The molecule has 0 saturated heterocycles. The lowest BCUT2D eigenvalue weighted by Gasteiger charge is -2.20. The number of nitrogens with zero attached hydrogens (tertiary/aromatic N) is 2. The molecule has 0 atom stereocenters. The third-order valence-corrected chi connectivity index (χ3v) is 3.70. The van der Waals surface area contributed by atoms with Gasteiger partial charge in [0.15, 0.2) is 0 Å². The van der Waals surface area contributed by atoms with Crippen LogP contribution in [-0.2, 0) is 24.2 Å². The number of benzene rings is 1. The van der Waals surface area contributed by atoms with Crippen molar-refractivity contribution in [3.8, 4) is 0 Å². The van der Waals surface area contributed by atoms with Gasteiger partial charge in [-0.25, -0.2) is 9.97 Å². The number of aromatic nitrogens is 2. The highest BCUT2D eigenvalue weighted by molar-refractivity contribution is 5.47. The van der Waals surface area contributed by atoms with Gasteiger partial charge in [0.05, 0.1) is 18.9 Å². The van der Waals surface area contributed by atoms with Crippen LogP contribution in [0.5, 0.6) is 0 Å². The highest BCUT2D eigenvalue weighted by Gasteiger charge is 2.18.